The summed E-state index contributed by atoms with van der Waals surface area (Å²) >= 11 is 1.85. The molecule has 1 heterocycles. The van der Waals surface area contributed by atoms with Crippen molar-refractivity contribution < 1.29 is 0 Å². The van der Waals surface area contributed by atoms with E-state index in [0.29, 0.717) is 11.5 Å². The molecular weight excluding hydrogens is 214 g/mol. The van der Waals surface area contributed by atoms with Crippen molar-refractivity contribution in [2.75, 3.05) is 6.54 Å². The molecule has 0 spiro atoms. The van der Waals surface area contributed by atoms with Crippen LogP contribution in [0.1, 0.15) is 51.0 Å². The van der Waals surface area contributed by atoms with E-state index >= 15 is 0 Å². The summed E-state index contributed by atoms with van der Waals surface area (Å²) < 4.78 is 0. The minimum Gasteiger partial charge on any atom is -0.309 e. The molecule has 0 amide bonds. The minimum atomic E-state index is 0.518. The minimum absolute atomic E-state index is 0.518. The van der Waals surface area contributed by atoms with Gasteiger partial charge in [0.15, 0.2) is 0 Å². The van der Waals surface area contributed by atoms with Crippen molar-refractivity contribution in [1.29, 1.82) is 0 Å². The maximum atomic E-state index is 3.70. The number of nitrogens with one attached hydrogen (secondary N) is 1. The molecule has 2 heteroatoms. The normalized spacial score (nSPS) is 20.0. The number of thiophene rings is 1. The second-order valence-corrected chi connectivity index (χ2v) is 6.70. The summed E-state index contributed by atoms with van der Waals surface area (Å²) in [4.78, 5) is 1.46. The van der Waals surface area contributed by atoms with E-state index in [0.717, 1.165) is 5.92 Å². The van der Waals surface area contributed by atoms with Crippen LogP contribution in [0.25, 0.3) is 0 Å². The van der Waals surface area contributed by atoms with Crippen molar-refractivity contribution in [1.82, 2.24) is 5.32 Å². The molecule has 1 atom stereocenters. The molecule has 0 saturated heterocycles. The summed E-state index contributed by atoms with van der Waals surface area (Å²) in [5.41, 5.74) is 0.639. The molecule has 0 radical (unpaired) electrons. The van der Waals surface area contributed by atoms with Crippen LogP contribution in [0.3, 0.4) is 0 Å². The van der Waals surface area contributed by atoms with Crippen LogP contribution < -0.4 is 5.32 Å². The van der Waals surface area contributed by atoms with Crippen LogP contribution in [0.15, 0.2) is 17.5 Å². The van der Waals surface area contributed by atoms with Gasteiger partial charge in [0.2, 0.25) is 0 Å². The first-order chi connectivity index (χ1) is 7.61. The van der Waals surface area contributed by atoms with Gasteiger partial charge in [0.05, 0.1) is 0 Å². The average molecular weight is 237 g/mol. The van der Waals surface area contributed by atoms with Gasteiger partial charge in [-0.25, -0.2) is 0 Å². The number of rotatable bonds is 6. The van der Waals surface area contributed by atoms with Crippen molar-refractivity contribution in [3.63, 3.8) is 0 Å². The summed E-state index contributed by atoms with van der Waals surface area (Å²) in [5, 5.41) is 5.86. The maximum absolute atomic E-state index is 3.70. The quantitative estimate of drug-likeness (QED) is 0.781. The first-order valence-corrected chi connectivity index (χ1v) is 7.26. The SMILES string of the molecule is CC(C)CC1(CNC(C)c2cccs2)CC1. The lowest BCUT2D eigenvalue weighted by Gasteiger charge is -2.21. The molecule has 1 aromatic rings. The highest BCUT2D eigenvalue weighted by Gasteiger charge is 2.42. The van der Waals surface area contributed by atoms with Crippen LogP contribution in [-0.2, 0) is 0 Å². The summed E-state index contributed by atoms with van der Waals surface area (Å²) in [6.07, 6.45) is 4.24. The van der Waals surface area contributed by atoms with Crippen molar-refractivity contribution in [2.24, 2.45) is 11.3 Å². The zero-order chi connectivity index (χ0) is 11.6. The Morgan fingerprint density at radius 3 is 2.62 bits per heavy atom. The van der Waals surface area contributed by atoms with E-state index in [1.54, 1.807) is 0 Å². The molecular formula is C14H23NS. The van der Waals surface area contributed by atoms with Gasteiger partial charge in [-0.2, -0.15) is 0 Å². The Kier molecular flexibility index (Phi) is 3.70. The Hall–Kier alpha value is -0.340. The van der Waals surface area contributed by atoms with Gasteiger partial charge < -0.3 is 5.32 Å². The van der Waals surface area contributed by atoms with Gasteiger partial charge in [-0.1, -0.05) is 19.9 Å². The van der Waals surface area contributed by atoms with Gasteiger partial charge in [0, 0.05) is 17.5 Å². The third-order valence-corrected chi connectivity index (χ3v) is 4.61. The summed E-state index contributed by atoms with van der Waals surface area (Å²) in [5.74, 6) is 0.835. The third-order valence-electron chi connectivity index (χ3n) is 3.55. The lowest BCUT2D eigenvalue weighted by atomic mass is 9.94. The molecule has 1 unspecified atom stereocenters. The van der Waals surface area contributed by atoms with E-state index in [9.17, 15) is 0 Å². The van der Waals surface area contributed by atoms with Crippen LogP contribution in [0.4, 0.5) is 0 Å². The van der Waals surface area contributed by atoms with Gasteiger partial charge in [0.25, 0.3) is 0 Å². The molecule has 90 valence electrons. The fraction of sp³-hybridized carbons (Fsp3) is 0.714. The van der Waals surface area contributed by atoms with Crippen molar-refractivity contribution >= 4 is 11.3 Å². The molecule has 0 aliphatic heterocycles. The van der Waals surface area contributed by atoms with Crippen LogP contribution >= 0.6 is 11.3 Å². The van der Waals surface area contributed by atoms with Gasteiger partial charge in [0.1, 0.15) is 0 Å². The maximum Gasteiger partial charge on any atom is 0.0386 e. The molecule has 1 fully saturated rings. The van der Waals surface area contributed by atoms with E-state index in [2.05, 4.69) is 43.6 Å². The standard InChI is InChI=1S/C14H23NS/c1-11(2)9-14(6-7-14)10-15-12(3)13-5-4-8-16-13/h4-5,8,11-12,15H,6-7,9-10H2,1-3H3. The molecule has 0 bridgehead atoms. The molecule has 0 aromatic carbocycles. The first kappa shape index (κ1) is 12.1. The fourth-order valence-corrected chi connectivity index (χ4v) is 3.26. The lowest BCUT2D eigenvalue weighted by molar-refractivity contribution is 0.353. The molecule has 1 nitrogen and oxygen atoms in total. The second kappa shape index (κ2) is 4.89. The van der Waals surface area contributed by atoms with Crippen molar-refractivity contribution in [3.8, 4) is 0 Å². The Bertz CT molecular complexity index is 311. The second-order valence-electron chi connectivity index (χ2n) is 5.72. The number of hydrogen-bond donors (Lipinski definition) is 1. The highest BCUT2D eigenvalue weighted by molar-refractivity contribution is 7.10. The molecule has 2 rings (SSSR count). The lowest BCUT2D eigenvalue weighted by Crippen LogP contribution is -2.27. The van der Waals surface area contributed by atoms with Crippen molar-refractivity contribution in [3.05, 3.63) is 22.4 Å². The Morgan fingerprint density at radius 2 is 2.12 bits per heavy atom. The summed E-state index contributed by atoms with van der Waals surface area (Å²) in [7, 11) is 0. The first-order valence-electron chi connectivity index (χ1n) is 6.38. The van der Waals surface area contributed by atoms with Crippen LogP contribution in [-0.4, -0.2) is 6.54 Å². The van der Waals surface area contributed by atoms with E-state index in [4.69, 9.17) is 0 Å². The van der Waals surface area contributed by atoms with E-state index in [-0.39, 0.29) is 0 Å². The predicted molar refractivity (Wildman–Crippen MR) is 71.9 cm³/mol. The Balaban J connectivity index is 1.79. The predicted octanol–water partition coefficient (Wildman–Crippen LogP) is 4.23. The molecule has 1 aromatic heterocycles. The van der Waals surface area contributed by atoms with Gasteiger partial charge >= 0.3 is 0 Å². The largest absolute Gasteiger partial charge is 0.309 e. The highest BCUT2D eigenvalue weighted by atomic mass is 32.1. The van der Waals surface area contributed by atoms with Crippen LogP contribution in [0.5, 0.6) is 0 Å². The average Bonchev–Trinajstić information content (AvgIpc) is 2.80. The molecule has 1 N–H and O–H groups in total. The van der Waals surface area contributed by atoms with E-state index in [1.807, 2.05) is 11.3 Å². The number of hydrogen-bond acceptors (Lipinski definition) is 2. The monoisotopic (exact) mass is 237 g/mol. The third kappa shape index (κ3) is 3.08. The molecule has 1 aliphatic rings. The van der Waals surface area contributed by atoms with Crippen molar-refractivity contribution in [2.45, 2.75) is 46.1 Å². The highest BCUT2D eigenvalue weighted by Crippen LogP contribution is 2.50. The zero-order valence-corrected chi connectivity index (χ0v) is 11.4. The van der Waals surface area contributed by atoms with Crippen LogP contribution in [0, 0.1) is 11.3 Å². The Morgan fingerprint density at radius 1 is 1.38 bits per heavy atom. The summed E-state index contributed by atoms with van der Waals surface area (Å²) in [6, 6.07) is 4.88. The zero-order valence-electron chi connectivity index (χ0n) is 10.6. The smallest absolute Gasteiger partial charge is 0.0386 e. The fourth-order valence-electron chi connectivity index (χ4n) is 2.50. The van der Waals surface area contributed by atoms with Gasteiger partial charge in [-0.3, -0.25) is 0 Å². The topological polar surface area (TPSA) is 12.0 Å². The molecule has 1 saturated carbocycles. The molecule has 1 aliphatic carbocycles. The van der Waals surface area contributed by atoms with Gasteiger partial charge in [-0.15, -0.1) is 11.3 Å². The Labute approximate surface area is 103 Å². The van der Waals surface area contributed by atoms with E-state index in [1.165, 1.54) is 30.7 Å². The summed E-state index contributed by atoms with van der Waals surface area (Å²) in [6.45, 7) is 8.15. The van der Waals surface area contributed by atoms with Crippen LogP contribution in [0.2, 0.25) is 0 Å². The van der Waals surface area contributed by atoms with E-state index < -0.39 is 0 Å². The molecule has 16 heavy (non-hydrogen) atoms. The van der Waals surface area contributed by atoms with Gasteiger partial charge in [-0.05, 0) is 49.0 Å².